The Balaban J connectivity index is 1.82. The molecule has 0 unspecified atom stereocenters. The van der Waals surface area contributed by atoms with Gasteiger partial charge >= 0.3 is 5.97 Å². The average molecular weight is 372 g/mol. The lowest BCUT2D eigenvalue weighted by molar-refractivity contribution is 0.0600. The number of tetrazole rings is 1. The molecular formula is C17H14ClN5O3. The zero-order valence-electron chi connectivity index (χ0n) is 13.9. The summed E-state index contributed by atoms with van der Waals surface area (Å²) in [5.74, 6) is -0.901. The lowest BCUT2D eigenvalue weighted by atomic mass is 10.1. The molecule has 1 aromatic heterocycles. The molecule has 2 aromatic carbocycles. The maximum atomic E-state index is 12.5. The molecule has 0 aliphatic rings. The lowest BCUT2D eigenvalue weighted by Gasteiger charge is -2.10. The Hall–Kier alpha value is -3.26. The molecule has 0 saturated heterocycles. The molecule has 26 heavy (non-hydrogen) atoms. The molecule has 0 saturated carbocycles. The first kappa shape index (κ1) is 17.6. The largest absolute Gasteiger partial charge is 0.465 e. The Morgan fingerprint density at radius 2 is 2.00 bits per heavy atom. The van der Waals surface area contributed by atoms with Gasteiger partial charge in [-0.15, -0.1) is 5.10 Å². The molecule has 0 bridgehead atoms. The van der Waals surface area contributed by atoms with Gasteiger partial charge in [0, 0.05) is 11.3 Å². The standard InChI is InChI=1S/C17H14ClN5O3/c1-10-7-11(3-6-15(10)23-9-19-21-22-23)16(24)20-12-4-5-14(18)13(8-12)17(25)26-2/h3-9H,1-2H3,(H,20,24). The highest BCUT2D eigenvalue weighted by Crippen LogP contribution is 2.22. The van der Waals surface area contributed by atoms with Crippen LogP contribution in [-0.4, -0.2) is 39.2 Å². The number of esters is 1. The highest BCUT2D eigenvalue weighted by molar-refractivity contribution is 6.33. The fourth-order valence-electron chi connectivity index (χ4n) is 2.40. The fourth-order valence-corrected chi connectivity index (χ4v) is 2.59. The molecule has 0 spiro atoms. The smallest absolute Gasteiger partial charge is 0.339 e. The second-order valence-corrected chi connectivity index (χ2v) is 5.80. The second kappa shape index (κ2) is 7.32. The summed E-state index contributed by atoms with van der Waals surface area (Å²) < 4.78 is 6.18. The van der Waals surface area contributed by atoms with E-state index < -0.39 is 5.97 Å². The van der Waals surface area contributed by atoms with Crippen molar-refractivity contribution < 1.29 is 14.3 Å². The lowest BCUT2D eigenvalue weighted by Crippen LogP contribution is -2.13. The van der Waals surface area contributed by atoms with Crippen LogP contribution in [0.4, 0.5) is 5.69 Å². The minimum Gasteiger partial charge on any atom is -0.465 e. The zero-order chi connectivity index (χ0) is 18.7. The van der Waals surface area contributed by atoms with E-state index in [1.165, 1.54) is 30.3 Å². The van der Waals surface area contributed by atoms with Crippen LogP contribution >= 0.6 is 11.6 Å². The number of methoxy groups -OCH3 is 1. The van der Waals surface area contributed by atoms with Crippen LogP contribution in [0.25, 0.3) is 5.69 Å². The monoisotopic (exact) mass is 371 g/mol. The van der Waals surface area contributed by atoms with Crippen LogP contribution in [0.1, 0.15) is 26.3 Å². The van der Waals surface area contributed by atoms with Gasteiger partial charge in [0.2, 0.25) is 0 Å². The number of amides is 1. The molecule has 0 aliphatic carbocycles. The number of hydrogen-bond acceptors (Lipinski definition) is 6. The Bertz CT molecular complexity index is 973. The molecule has 1 N–H and O–H groups in total. The third-order valence-electron chi connectivity index (χ3n) is 3.68. The molecule has 0 atom stereocenters. The molecule has 0 fully saturated rings. The van der Waals surface area contributed by atoms with Gasteiger partial charge in [-0.05, 0) is 59.3 Å². The van der Waals surface area contributed by atoms with E-state index in [9.17, 15) is 9.59 Å². The van der Waals surface area contributed by atoms with Crippen LogP contribution in [-0.2, 0) is 4.74 Å². The number of halogens is 1. The van der Waals surface area contributed by atoms with E-state index in [0.29, 0.717) is 11.3 Å². The molecule has 3 aromatic rings. The third kappa shape index (κ3) is 3.55. The average Bonchev–Trinajstić information content (AvgIpc) is 3.16. The van der Waals surface area contributed by atoms with Gasteiger partial charge in [-0.2, -0.15) is 0 Å². The Morgan fingerprint density at radius 1 is 1.19 bits per heavy atom. The molecule has 1 amide bonds. The number of rotatable bonds is 4. The van der Waals surface area contributed by atoms with Gasteiger partial charge in [-0.25, -0.2) is 9.48 Å². The zero-order valence-corrected chi connectivity index (χ0v) is 14.7. The first-order valence-corrected chi connectivity index (χ1v) is 7.90. The maximum absolute atomic E-state index is 12.5. The summed E-state index contributed by atoms with van der Waals surface area (Å²) in [6, 6.07) is 9.74. The van der Waals surface area contributed by atoms with Gasteiger partial charge in [0.25, 0.3) is 5.91 Å². The van der Waals surface area contributed by atoms with Gasteiger partial charge in [-0.3, -0.25) is 4.79 Å². The number of anilines is 1. The molecule has 0 radical (unpaired) electrons. The third-order valence-corrected chi connectivity index (χ3v) is 4.01. The molecule has 9 heteroatoms. The van der Waals surface area contributed by atoms with Crippen LogP contribution in [0.15, 0.2) is 42.7 Å². The van der Waals surface area contributed by atoms with E-state index in [0.717, 1.165) is 11.3 Å². The minimum absolute atomic E-state index is 0.178. The fraction of sp³-hybridized carbons (Fsp3) is 0.118. The summed E-state index contributed by atoms with van der Waals surface area (Å²) in [7, 11) is 1.26. The molecule has 132 valence electrons. The number of nitrogens with one attached hydrogen (secondary N) is 1. The highest BCUT2D eigenvalue weighted by atomic mass is 35.5. The predicted octanol–water partition coefficient (Wildman–Crippen LogP) is 2.66. The van der Waals surface area contributed by atoms with E-state index in [-0.39, 0.29) is 16.5 Å². The van der Waals surface area contributed by atoms with Gasteiger partial charge in [-0.1, -0.05) is 11.6 Å². The summed E-state index contributed by atoms with van der Waals surface area (Å²) in [6.07, 6.45) is 1.48. The highest BCUT2D eigenvalue weighted by Gasteiger charge is 2.14. The van der Waals surface area contributed by atoms with Crippen molar-refractivity contribution in [3.8, 4) is 5.69 Å². The molecule has 8 nitrogen and oxygen atoms in total. The number of benzene rings is 2. The second-order valence-electron chi connectivity index (χ2n) is 5.40. The topological polar surface area (TPSA) is 99.0 Å². The van der Waals surface area contributed by atoms with E-state index in [4.69, 9.17) is 11.6 Å². The quantitative estimate of drug-likeness (QED) is 0.708. The van der Waals surface area contributed by atoms with Crippen molar-refractivity contribution in [2.24, 2.45) is 0 Å². The first-order valence-electron chi connectivity index (χ1n) is 7.53. The summed E-state index contributed by atoms with van der Waals surface area (Å²) in [5, 5.41) is 14.0. The van der Waals surface area contributed by atoms with Crippen molar-refractivity contribution in [1.82, 2.24) is 20.2 Å². The Labute approximate surface area is 153 Å². The summed E-state index contributed by atoms with van der Waals surface area (Å²) >= 11 is 5.98. The van der Waals surface area contributed by atoms with E-state index >= 15 is 0 Å². The van der Waals surface area contributed by atoms with E-state index in [2.05, 4.69) is 25.6 Å². The minimum atomic E-state index is -0.576. The number of nitrogens with zero attached hydrogens (tertiary/aromatic N) is 4. The van der Waals surface area contributed by atoms with Crippen molar-refractivity contribution in [3.05, 3.63) is 64.4 Å². The van der Waals surface area contributed by atoms with Gasteiger partial charge in [0.15, 0.2) is 0 Å². The van der Waals surface area contributed by atoms with Crippen LogP contribution < -0.4 is 5.32 Å². The molecule has 1 heterocycles. The maximum Gasteiger partial charge on any atom is 0.339 e. The number of aryl methyl sites for hydroxylation is 1. The van der Waals surface area contributed by atoms with Crippen molar-refractivity contribution in [1.29, 1.82) is 0 Å². The summed E-state index contributed by atoms with van der Waals surface area (Å²) in [6.45, 7) is 1.85. The number of carbonyl (C=O) groups excluding carboxylic acids is 2. The number of aromatic nitrogens is 4. The molecular weight excluding hydrogens is 358 g/mol. The van der Waals surface area contributed by atoms with Gasteiger partial charge < -0.3 is 10.1 Å². The first-order chi connectivity index (χ1) is 12.5. The summed E-state index contributed by atoms with van der Waals surface area (Å²) in [5.41, 5.74) is 2.66. The van der Waals surface area contributed by atoms with Gasteiger partial charge in [0.05, 0.1) is 23.4 Å². The van der Waals surface area contributed by atoms with Crippen molar-refractivity contribution in [2.75, 3.05) is 12.4 Å². The molecule has 0 aliphatic heterocycles. The van der Waals surface area contributed by atoms with Crippen molar-refractivity contribution in [2.45, 2.75) is 6.92 Å². The van der Waals surface area contributed by atoms with E-state index in [1.54, 1.807) is 24.3 Å². The predicted molar refractivity (Wildman–Crippen MR) is 94.6 cm³/mol. The van der Waals surface area contributed by atoms with Crippen molar-refractivity contribution in [3.63, 3.8) is 0 Å². The molecule has 3 rings (SSSR count). The normalized spacial score (nSPS) is 10.4. The van der Waals surface area contributed by atoms with Gasteiger partial charge in [0.1, 0.15) is 6.33 Å². The SMILES string of the molecule is COC(=O)c1cc(NC(=O)c2ccc(-n3cnnn3)c(C)c2)ccc1Cl. The Morgan fingerprint density at radius 3 is 2.65 bits per heavy atom. The van der Waals surface area contributed by atoms with Crippen LogP contribution in [0.5, 0.6) is 0 Å². The van der Waals surface area contributed by atoms with Crippen LogP contribution in [0.2, 0.25) is 5.02 Å². The van der Waals surface area contributed by atoms with Crippen LogP contribution in [0.3, 0.4) is 0 Å². The van der Waals surface area contributed by atoms with Crippen LogP contribution in [0, 0.1) is 6.92 Å². The number of hydrogen-bond donors (Lipinski definition) is 1. The van der Waals surface area contributed by atoms with E-state index in [1.807, 2.05) is 6.92 Å². The van der Waals surface area contributed by atoms with Crippen molar-refractivity contribution >= 4 is 29.2 Å². The number of carbonyl (C=O) groups is 2. The Kier molecular flexibility index (Phi) is 4.94. The summed E-state index contributed by atoms with van der Waals surface area (Å²) in [4.78, 5) is 24.2. The number of ether oxygens (including phenoxy) is 1.